The molecule has 0 radical (unpaired) electrons. The lowest BCUT2D eigenvalue weighted by Crippen LogP contribution is -1.96. The van der Waals surface area contributed by atoms with Crippen molar-refractivity contribution in [2.24, 2.45) is 0 Å². The topological polar surface area (TPSA) is 66.6 Å². The van der Waals surface area contributed by atoms with Crippen LogP contribution in [-0.4, -0.2) is 31.5 Å². The average molecular weight is 312 g/mol. The molecule has 0 saturated heterocycles. The minimum Gasteiger partial charge on any atom is -0.493 e. The molecule has 23 heavy (non-hydrogen) atoms. The molecule has 3 aromatic rings. The number of rotatable bonds is 5. The molecule has 0 unspecified atom stereocenters. The molecular formula is C17H16N2O4. The molecule has 0 amide bonds. The lowest BCUT2D eigenvalue weighted by molar-refractivity contribution is 0.324. The van der Waals surface area contributed by atoms with Crippen LogP contribution in [-0.2, 0) is 0 Å². The highest BCUT2D eigenvalue weighted by atomic mass is 16.5. The Morgan fingerprint density at radius 2 is 1.52 bits per heavy atom. The third kappa shape index (κ3) is 2.70. The first-order chi connectivity index (χ1) is 11.3. The molecule has 1 aromatic carbocycles. The van der Waals surface area contributed by atoms with Crippen LogP contribution in [0.4, 0.5) is 0 Å². The lowest BCUT2D eigenvalue weighted by atomic mass is 10.0. The molecule has 0 aliphatic carbocycles. The first-order valence-electron chi connectivity index (χ1n) is 6.93. The van der Waals surface area contributed by atoms with E-state index in [9.17, 15) is 0 Å². The summed E-state index contributed by atoms with van der Waals surface area (Å²) < 4.78 is 21.3. The van der Waals surface area contributed by atoms with Crippen LogP contribution in [0.1, 0.15) is 0 Å². The maximum absolute atomic E-state index is 5.39. The summed E-state index contributed by atoms with van der Waals surface area (Å²) in [6, 6.07) is 7.47. The van der Waals surface area contributed by atoms with Gasteiger partial charge < -0.3 is 18.7 Å². The minimum atomic E-state index is 0.535. The van der Waals surface area contributed by atoms with Crippen molar-refractivity contribution >= 4 is 0 Å². The molecule has 0 saturated carbocycles. The number of ether oxygens (including phenoxy) is 3. The van der Waals surface area contributed by atoms with Crippen molar-refractivity contribution in [3.63, 3.8) is 0 Å². The zero-order valence-electron chi connectivity index (χ0n) is 13.1. The van der Waals surface area contributed by atoms with Gasteiger partial charge in [0.1, 0.15) is 12.0 Å². The van der Waals surface area contributed by atoms with Gasteiger partial charge in [-0.05, 0) is 29.8 Å². The maximum atomic E-state index is 5.39. The van der Waals surface area contributed by atoms with E-state index in [1.807, 2.05) is 24.3 Å². The summed E-state index contributed by atoms with van der Waals surface area (Å²) in [4.78, 5) is 4.03. The summed E-state index contributed by atoms with van der Waals surface area (Å²) in [6.45, 7) is 0. The number of nitrogens with zero attached hydrogens (tertiary/aromatic N) is 2. The first kappa shape index (κ1) is 14.9. The smallest absolute Gasteiger partial charge is 0.203 e. The van der Waals surface area contributed by atoms with Gasteiger partial charge in [0.15, 0.2) is 11.5 Å². The van der Waals surface area contributed by atoms with E-state index in [-0.39, 0.29) is 0 Å². The number of hydrogen-bond donors (Lipinski definition) is 0. The standard InChI is InChI=1S/C17H16N2O4/c1-20-14-8-12(9-15(21-2)17(14)22-3)16-13(10-23-19-16)11-4-6-18-7-5-11/h4-10H,1-3H3. The Kier molecular flexibility index (Phi) is 4.14. The van der Waals surface area contributed by atoms with Crippen molar-refractivity contribution in [2.75, 3.05) is 21.3 Å². The van der Waals surface area contributed by atoms with Gasteiger partial charge in [-0.1, -0.05) is 5.16 Å². The minimum absolute atomic E-state index is 0.535. The second kappa shape index (κ2) is 6.39. The van der Waals surface area contributed by atoms with Crippen LogP contribution in [0.15, 0.2) is 47.4 Å². The van der Waals surface area contributed by atoms with E-state index in [1.54, 1.807) is 40.0 Å². The van der Waals surface area contributed by atoms with E-state index < -0.39 is 0 Å². The summed E-state index contributed by atoms with van der Waals surface area (Å²) in [5, 5.41) is 4.12. The molecule has 0 aliphatic rings. The van der Waals surface area contributed by atoms with Crippen molar-refractivity contribution in [3.05, 3.63) is 42.9 Å². The van der Waals surface area contributed by atoms with Crippen LogP contribution in [0.25, 0.3) is 22.4 Å². The fourth-order valence-corrected chi connectivity index (χ4v) is 2.40. The van der Waals surface area contributed by atoms with Crippen molar-refractivity contribution < 1.29 is 18.7 Å². The van der Waals surface area contributed by atoms with Crippen LogP contribution in [0, 0.1) is 0 Å². The van der Waals surface area contributed by atoms with Crippen molar-refractivity contribution in [3.8, 4) is 39.6 Å². The molecule has 2 heterocycles. The Morgan fingerprint density at radius 1 is 0.870 bits per heavy atom. The van der Waals surface area contributed by atoms with Crippen molar-refractivity contribution in [2.45, 2.75) is 0 Å². The summed E-state index contributed by atoms with van der Waals surface area (Å²) in [5.41, 5.74) is 3.32. The quantitative estimate of drug-likeness (QED) is 0.719. The highest BCUT2D eigenvalue weighted by Gasteiger charge is 2.18. The van der Waals surface area contributed by atoms with E-state index in [0.29, 0.717) is 22.9 Å². The van der Waals surface area contributed by atoms with Gasteiger partial charge in [-0.15, -0.1) is 0 Å². The Labute approximate surface area is 133 Å². The third-order valence-corrected chi connectivity index (χ3v) is 3.50. The zero-order valence-corrected chi connectivity index (χ0v) is 13.1. The first-order valence-corrected chi connectivity index (χ1v) is 6.93. The maximum Gasteiger partial charge on any atom is 0.203 e. The van der Waals surface area contributed by atoms with Gasteiger partial charge in [0, 0.05) is 23.5 Å². The molecule has 118 valence electrons. The summed E-state index contributed by atoms with van der Waals surface area (Å²) in [7, 11) is 4.72. The van der Waals surface area contributed by atoms with Gasteiger partial charge in [-0.3, -0.25) is 4.98 Å². The van der Waals surface area contributed by atoms with Gasteiger partial charge in [-0.2, -0.15) is 0 Å². The molecule has 0 bridgehead atoms. The Morgan fingerprint density at radius 3 is 2.09 bits per heavy atom. The van der Waals surface area contributed by atoms with Gasteiger partial charge in [0.25, 0.3) is 0 Å². The Balaban J connectivity index is 2.15. The number of methoxy groups -OCH3 is 3. The zero-order chi connectivity index (χ0) is 16.2. The van der Waals surface area contributed by atoms with Gasteiger partial charge in [-0.25, -0.2) is 0 Å². The lowest BCUT2D eigenvalue weighted by Gasteiger charge is -2.13. The van der Waals surface area contributed by atoms with Crippen LogP contribution >= 0.6 is 0 Å². The summed E-state index contributed by atoms with van der Waals surface area (Å²) >= 11 is 0. The van der Waals surface area contributed by atoms with Gasteiger partial charge >= 0.3 is 0 Å². The highest BCUT2D eigenvalue weighted by Crippen LogP contribution is 2.42. The normalized spacial score (nSPS) is 10.4. The number of hydrogen-bond acceptors (Lipinski definition) is 6. The summed E-state index contributed by atoms with van der Waals surface area (Å²) in [6.07, 6.45) is 5.05. The Hall–Kier alpha value is -3.02. The molecule has 0 spiro atoms. The molecule has 0 aliphatic heterocycles. The molecule has 6 heteroatoms. The monoisotopic (exact) mass is 312 g/mol. The highest BCUT2D eigenvalue weighted by molar-refractivity contribution is 5.81. The fourth-order valence-electron chi connectivity index (χ4n) is 2.40. The molecule has 0 fully saturated rings. The molecular weight excluding hydrogens is 296 g/mol. The molecule has 2 aromatic heterocycles. The second-order valence-corrected chi connectivity index (χ2v) is 4.73. The molecule has 0 atom stereocenters. The van der Waals surface area contributed by atoms with Crippen molar-refractivity contribution in [1.29, 1.82) is 0 Å². The summed E-state index contributed by atoms with van der Waals surface area (Å²) in [5.74, 6) is 1.66. The van der Waals surface area contributed by atoms with E-state index >= 15 is 0 Å². The molecule has 3 rings (SSSR count). The van der Waals surface area contributed by atoms with Gasteiger partial charge in [0.2, 0.25) is 5.75 Å². The number of benzene rings is 1. The number of pyridine rings is 1. The van der Waals surface area contributed by atoms with E-state index in [1.165, 1.54) is 0 Å². The van der Waals surface area contributed by atoms with E-state index in [4.69, 9.17) is 18.7 Å². The van der Waals surface area contributed by atoms with Crippen LogP contribution < -0.4 is 14.2 Å². The SMILES string of the molecule is COc1cc(-c2nocc2-c2ccncc2)cc(OC)c1OC. The van der Waals surface area contributed by atoms with Crippen LogP contribution in [0.2, 0.25) is 0 Å². The molecule has 6 nitrogen and oxygen atoms in total. The van der Waals surface area contributed by atoms with Gasteiger partial charge in [0.05, 0.1) is 21.3 Å². The second-order valence-electron chi connectivity index (χ2n) is 4.73. The predicted octanol–water partition coefficient (Wildman–Crippen LogP) is 3.43. The fraction of sp³-hybridized carbons (Fsp3) is 0.176. The van der Waals surface area contributed by atoms with Crippen LogP contribution in [0.5, 0.6) is 17.2 Å². The predicted molar refractivity (Wildman–Crippen MR) is 84.8 cm³/mol. The average Bonchev–Trinajstić information content (AvgIpc) is 3.10. The third-order valence-electron chi connectivity index (χ3n) is 3.50. The van der Waals surface area contributed by atoms with Crippen molar-refractivity contribution in [1.82, 2.24) is 10.1 Å². The van der Waals surface area contributed by atoms with E-state index in [0.717, 1.165) is 16.7 Å². The Bertz CT molecular complexity index is 774. The number of aromatic nitrogens is 2. The van der Waals surface area contributed by atoms with Crippen LogP contribution in [0.3, 0.4) is 0 Å². The molecule has 0 N–H and O–H groups in total. The van der Waals surface area contributed by atoms with E-state index in [2.05, 4.69) is 10.1 Å². The largest absolute Gasteiger partial charge is 0.493 e.